The van der Waals surface area contributed by atoms with Crippen LogP contribution in [0.3, 0.4) is 0 Å². The molecule has 0 aliphatic carbocycles. The van der Waals surface area contributed by atoms with E-state index in [4.69, 9.17) is 5.73 Å². The predicted octanol–water partition coefficient (Wildman–Crippen LogP) is 2.66. The summed E-state index contributed by atoms with van der Waals surface area (Å²) in [6.45, 7) is 4.10. The first-order valence-electron chi connectivity index (χ1n) is 4.79. The zero-order valence-corrected chi connectivity index (χ0v) is 8.70. The zero-order valence-electron chi connectivity index (χ0n) is 8.70. The maximum atomic E-state index is 5.73. The Morgan fingerprint density at radius 3 is 3.00 bits per heavy atom. The molecule has 2 heteroatoms. The van der Waals surface area contributed by atoms with Crippen molar-refractivity contribution in [3.8, 4) is 0 Å². The van der Waals surface area contributed by atoms with Gasteiger partial charge in [-0.15, -0.1) is 0 Å². The molecule has 1 aromatic heterocycles. The van der Waals surface area contributed by atoms with Crippen molar-refractivity contribution in [3.63, 3.8) is 0 Å². The van der Waals surface area contributed by atoms with E-state index in [1.807, 2.05) is 37.3 Å². The van der Waals surface area contributed by atoms with E-state index < -0.39 is 0 Å². The molecule has 0 aromatic carbocycles. The van der Waals surface area contributed by atoms with Gasteiger partial charge in [0.15, 0.2) is 0 Å². The van der Waals surface area contributed by atoms with Crippen LogP contribution in [0.2, 0.25) is 0 Å². The summed E-state index contributed by atoms with van der Waals surface area (Å²) in [6.07, 6.45) is 8.55. The Bertz CT molecular complexity index is 351. The number of aryl methyl sites for hydroxylation is 1. The van der Waals surface area contributed by atoms with Crippen molar-refractivity contribution < 1.29 is 0 Å². The van der Waals surface area contributed by atoms with Crippen molar-refractivity contribution in [2.75, 3.05) is 0 Å². The highest BCUT2D eigenvalue weighted by molar-refractivity contribution is 5.51. The van der Waals surface area contributed by atoms with Gasteiger partial charge in [0.1, 0.15) is 0 Å². The van der Waals surface area contributed by atoms with Crippen LogP contribution in [0.15, 0.2) is 36.2 Å². The lowest BCUT2D eigenvalue weighted by Crippen LogP contribution is -1.92. The normalized spacial score (nSPS) is 12.3. The van der Waals surface area contributed by atoms with Crippen LogP contribution in [-0.2, 0) is 0 Å². The van der Waals surface area contributed by atoms with Gasteiger partial charge >= 0.3 is 0 Å². The van der Waals surface area contributed by atoms with Crippen molar-refractivity contribution in [2.24, 2.45) is 5.73 Å². The van der Waals surface area contributed by atoms with E-state index in [9.17, 15) is 0 Å². The molecule has 0 aliphatic heterocycles. The molecule has 0 saturated carbocycles. The van der Waals surface area contributed by atoms with Crippen LogP contribution in [0.25, 0.3) is 6.08 Å². The number of hydrogen-bond donors (Lipinski definition) is 1. The van der Waals surface area contributed by atoms with Crippen molar-refractivity contribution in [1.82, 2.24) is 4.98 Å². The van der Waals surface area contributed by atoms with Crippen LogP contribution in [0, 0.1) is 6.92 Å². The zero-order chi connectivity index (χ0) is 10.4. The van der Waals surface area contributed by atoms with Crippen LogP contribution < -0.4 is 5.73 Å². The predicted molar refractivity (Wildman–Crippen MR) is 60.6 cm³/mol. The Morgan fingerprint density at radius 1 is 1.57 bits per heavy atom. The average Bonchev–Trinajstić information content (AvgIpc) is 2.17. The molecule has 0 atom stereocenters. The van der Waals surface area contributed by atoms with Gasteiger partial charge < -0.3 is 5.73 Å². The van der Waals surface area contributed by atoms with E-state index in [1.165, 1.54) is 0 Å². The molecule has 0 amide bonds. The van der Waals surface area contributed by atoms with E-state index >= 15 is 0 Å². The van der Waals surface area contributed by atoms with Crippen LogP contribution >= 0.6 is 0 Å². The lowest BCUT2D eigenvalue weighted by Gasteiger charge is -1.97. The van der Waals surface area contributed by atoms with Gasteiger partial charge in [-0.05, 0) is 37.1 Å². The molecule has 0 fully saturated rings. The molecule has 74 valence electrons. The number of rotatable bonds is 3. The average molecular weight is 188 g/mol. The number of pyridine rings is 1. The molecule has 0 unspecified atom stereocenters. The van der Waals surface area contributed by atoms with Gasteiger partial charge in [0.2, 0.25) is 0 Å². The van der Waals surface area contributed by atoms with Gasteiger partial charge in [-0.1, -0.05) is 19.1 Å². The summed E-state index contributed by atoms with van der Waals surface area (Å²) in [6, 6.07) is 3.96. The highest BCUT2D eigenvalue weighted by atomic mass is 14.7. The quantitative estimate of drug-likeness (QED) is 0.741. The van der Waals surface area contributed by atoms with Gasteiger partial charge in [0.05, 0.1) is 5.69 Å². The molecular formula is C12H16N2. The van der Waals surface area contributed by atoms with E-state index in [0.717, 1.165) is 23.4 Å². The third-order valence-electron chi connectivity index (χ3n) is 1.92. The second-order valence-electron chi connectivity index (χ2n) is 3.15. The monoisotopic (exact) mass is 188 g/mol. The fourth-order valence-electron chi connectivity index (χ4n) is 1.15. The molecule has 1 aromatic rings. The third-order valence-corrected chi connectivity index (χ3v) is 1.92. The standard InChI is InChI=1S/C12H16N2/c1-3-5-11(13)7-8-12-10(2)6-4-9-14-12/h4-9H,3,13H2,1-2H3/b8-7-,11-5-. The summed E-state index contributed by atoms with van der Waals surface area (Å²) in [4.78, 5) is 4.24. The summed E-state index contributed by atoms with van der Waals surface area (Å²) in [5.74, 6) is 0. The van der Waals surface area contributed by atoms with Gasteiger partial charge in [0, 0.05) is 11.9 Å². The van der Waals surface area contributed by atoms with E-state index in [-0.39, 0.29) is 0 Å². The van der Waals surface area contributed by atoms with Gasteiger partial charge in [0.25, 0.3) is 0 Å². The molecule has 0 aliphatic rings. The summed E-state index contributed by atoms with van der Waals surface area (Å²) in [7, 11) is 0. The SMILES string of the molecule is CC/C=C(N)/C=C\c1ncccc1C. The molecule has 1 heterocycles. The Balaban J connectivity index is 2.79. The minimum Gasteiger partial charge on any atom is -0.399 e. The molecule has 0 spiro atoms. The fourth-order valence-corrected chi connectivity index (χ4v) is 1.15. The number of aromatic nitrogens is 1. The smallest absolute Gasteiger partial charge is 0.0659 e. The molecule has 2 nitrogen and oxygen atoms in total. The Kier molecular flexibility index (Phi) is 3.92. The molecular weight excluding hydrogens is 172 g/mol. The molecule has 1 rings (SSSR count). The minimum absolute atomic E-state index is 0.789. The Labute approximate surface area is 85.2 Å². The van der Waals surface area contributed by atoms with Crippen molar-refractivity contribution in [3.05, 3.63) is 47.4 Å². The molecule has 2 N–H and O–H groups in total. The van der Waals surface area contributed by atoms with Gasteiger partial charge in [-0.2, -0.15) is 0 Å². The lowest BCUT2D eigenvalue weighted by atomic mass is 10.2. The number of nitrogens with zero attached hydrogens (tertiary/aromatic N) is 1. The Morgan fingerprint density at radius 2 is 2.36 bits per heavy atom. The Hall–Kier alpha value is -1.57. The molecule has 0 bridgehead atoms. The van der Waals surface area contributed by atoms with Crippen LogP contribution in [0.4, 0.5) is 0 Å². The second kappa shape index (κ2) is 5.22. The highest BCUT2D eigenvalue weighted by Gasteiger charge is 1.92. The summed E-state index contributed by atoms with van der Waals surface area (Å²) < 4.78 is 0. The topological polar surface area (TPSA) is 38.9 Å². The van der Waals surface area contributed by atoms with Crippen molar-refractivity contribution in [1.29, 1.82) is 0 Å². The first kappa shape index (κ1) is 10.5. The molecule has 0 radical (unpaired) electrons. The van der Waals surface area contributed by atoms with Crippen molar-refractivity contribution >= 4 is 6.08 Å². The van der Waals surface area contributed by atoms with Gasteiger partial charge in [-0.3, -0.25) is 4.98 Å². The number of nitrogens with two attached hydrogens (primary N) is 1. The van der Waals surface area contributed by atoms with Crippen LogP contribution in [-0.4, -0.2) is 4.98 Å². The number of hydrogen-bond acceptors (Lipinski definition) is 2. The second-order valence-corrected chi connectivity index (χ2v) is 3.15. The summed E-state index contributed by atoms with van der Waals surface area (Å²) in [5, 5.41) is 0. The maximum Gasteiger partial charge on any atom is 0.0659 e. The highest BCUT2D eigenvalue weighted by Crippen LogP contribution is 2.06. The molecule has 0 saturated heterocycles. The van der Waals surface area contributed by atoms with Crippen LogP contribution in [0.1, 0.15) is 24.6 Å². The van der Waals surface area contributed by atoms with E-state index in [0.29, 0.717) is 0 Å². The fraction of sp³-hybridized carbons (Fsp3) is 0.250. The van der Waals surface area contributed by atoms with E-state index in [2.05, 4.69) is 11.9 Å². The van der Waals surface area contributed by atoms with Crippen LogP contribution in [0.5, 0.6) is 0 Å². The summed E-state index contributed by atoms with van der Waals surface area (Å²) >= 11 is 0. The largest absolute Gasteiger partial charge is 0.399 e. The minimum atomic E-state index is 0.789. The van der Waals surface area contributed by atoms with Gasteiger partial charge in [-0.25, -0.2) is 0 Å². The first-order valence-corrected chi connectivity index (χ1v) is 4.79. The number of allylic oxidation sites excluding steroid dienone is 2. The lowest BCUT2D eigenvalue weighted by molar-refractivity contribution is 1.18. The molecule has 14 heavy (non-hydrogen) atoms. The summed E-state index contributed by atoms with van der Waals surface area (Å²) in [5.41, 5.74) is 8.65. The van der Waals surface area contributed by atoms with E-state index in [1.54, 1.807) is 6.20 Å². The first-order chi connectivity index (χ1) is 6.74. The van der Waals surface area contributed by atoms with Crippen molar-refractivity contribution in [2.45, 2.75) is 20.3 Å². The third kappa shape index (κ3) is 3.05. The maximum absolute atomic E-state index is 5.73.